The fraction of sp³-hybridized carbons (Fsp3) is 0.368. The molecule has 0 fully saturated rings. The van der Waals surface area contributed by atoms with Crippen molar-refractivity contribution in [2.75, 3.05) is 34.9 Å². The van der Waals surface area contributed by atoms with E-state index in [2.05, 4.69) is 0 Å². The number of ether oxygens (including phenoxy) is 2. The van der Waals surface area contributed by atoms with Crippen LogP contribution < -0.4 is 9.47 Å². The van der Waals surface area contributed by atoms with Crippen LogP contribution in [0.5, 0.6) is 11.5 Å². The smallest absolute Gasteiger partial charge is 0.282 e. The molecule has 0 radical (unpaired) electrons. The van der Waals surface area contributed by atoms with Gasteiger partial charge in [0.25, 0.3) is 10.2 Å². The second-order valence-corrected chi connectivity index (χ2v) is 8.47. The van der Waals surface area contributed by atoms with Gasteiger partial charge in [-0.2, -0.15) is 17.0 Å². The van der Waals surface area contributed by atoms with Crippen molar-refractivity contribution in [2.45, 2.75) is 12.5 Å². The molecule has 0 amide bonds. The highest BCUT2D eigenvalue weighted by atomic mass is 32.2. The fourth-order valence-corrected chi connectivity index (χ4v) is 4.61. The molecule has 0 saturated heterocycles. The highest BCUT2D eigenvalue weighted by molar-refractivity contribution is 7.86. The van der Waals surface area contributed by atoms with Crippen LogP contribution in [0.2, 0.25) is 0 Å². The van der Waals surface area contributed by atoms with Crippen molar-refractivity contribution in [2.24, 2.45) is 0 Å². The first-order chi connectivity index (χ1) is 12.4. The minimum Gasteiger partial charge on any atom is -0.493 e. The van der Waals surface area contributed by atoms with Gasteiger partial charge < -0.3 is 9.47 Å². The largest absolute Gasteiger partial charge is 0.493 e. The second-order valence-electron chi connectivity index (χ2n) is 6.37. The Bertz CT molecular complexity index is 882. The van der Waals surface area contributed by atoms with Crippen molar-refractivity contribution in [1.29, 1.82) is 0 Å². The van der Waals surface area contributed by atoms with E-state index in [1.807, 2.05) is 42.5 Å². The lowest BCUT2D eigenvalue weighted by molar-refractivity contribution is 0.314. The number of hydrogen-bond donors (Lipinski definition) is 0. The van der Waals surface area contributed by atoms with E-state index in [1.54, 1.807) is 32.6 Å². The molecule has 1 atom stereocenters. The van der Waals surface area contributed by atoms with Crippen LogP contribution in [0, 0.1) is 0 Å². The summed E-state index contributed by atoms with van der Waals surface area (Å²) in [6.45, 7) is 0.405. The van der Waals surface area contributed by atoms with E-state index in [-0.39, 0.29) is 0 Å². The van der Waals surface area contributed by atoms with Gasteiger partial charge in [0.05, 0.1) is 20.3 Å². The van der Waals surface area contributed by atoms with Crippen molar-refractivity contribution in [3.05, 3.63) is 59.2 Å². The molecule has 0 N–H and O–H groups in total. The Kier molecular flexibility index (Phi) is 5.22. The lowest BCUT2D eigenvalue weighted by Gasteiger charge is -2.38. The Morgan fingerprint density at radius 1 is 1.04 bits per heavy atom. The first-order valence-corrected chi connectivity index (χ1v) is 9.79. The molecule has 7 heteroatoms. The van der Waals surface area contributed by atoms with Gasteiger partial charge in [0.15, 0.2) is 11.5 Å². The van der Waals surface area contributed by atoms with Crippen LogP contribution in [-0.4, -0.2) is 51.9 Å². The quantitative estimate of drug-likeness (QED) is 0.804. The number of hydrogen-bond acceptors (Lipinski definition) is 4. The van der Waals surface area contributed by atoms with Crippen LogP contribution in [0.15, 0.2) is 42.5 Å². The first kappa shape index (κ1) is 18.7. The summed E-state index contributed by atoms with van der Waals surface area (Å²) >= 11 is 0. The maximum atomic E-state index is 13.0. The lowest BCUT2D eigenvalue weighted by atomic mass is 9.89. The molecule has 1 unspecified atom stereocenters. The molecule has 2 aromatic rings. The van der Waals surface area contributed by atoms with E-state index < -0.39 is 16.3 Å². The molecule has 0 spiro atoms. The first-order valence-electron chi connectivity index (χ1n) is 8.39. The molecule has 26 heavy (non-hydrogen) atoms. The summed E-state index contributed by atoms with van der Waals surface area (Å²) in [5, 5.41) is 0. The van der Waals surface area contributed by atoms with Gasteiger partial charge in [-0.15, -0.1) is 0 Å². The Balaban J connectivity index is 2.22. The van der Waals surface area contributed by atoms with Crippen molar-refractivity contribution in [3.8, 4) is 11.5 Å². The molecule has 0 aliphatic carbocycles. The Hall–Kier alpha value is -2.09. The molecule has 0 aromatic heterocycles. The third-order valence-electron chi connectivity index (χ3n) is 4.70. The standard InChI is InChI=1S/C19H24N2O4S/c1-20(2)26(22,23)21-11-10-15-12-17(24-3)18(25-4)13-16(15)19(21)14-8-6-5-7-9-14/h5-9,12-13,19H,10-11H2,1-4H3. The van der Waals surface area contributed by atoms with Gasteiger partial charge in [-0.1, -0.05) is 30.3 Å². The van der Waals surface area contributed by atoms with Crippen LogP contribution >= 0.6 is 0 Å². The fourth-order valence-electron chi connectivity index (χ4n) is 3.36. The van der Waals surface area contributed by atoms with Crippen molar-refractivity contribution < 1.29 is 17.9 Å². The maximum absolute atomic E-state index is 13.0. The molecular formula is C19H24N2O4S. The van der Waals surface area contributed by atoms with E-state index in [9.17, 15) is 8.42 Å². The zero-order chi connectivity index (χ0) is 18.9. The van der Waals surface area contributed by atoms with E-state index in [4.69, 9.17) is 9.47 Å². The van der Waals surface area contributed by atoms with Gasteiger partial charge in [0.2, 0.25) is 0 Å². The van der Waals surface area contributed by atoms with E-state index in [1.165, 1.54) is 4.31 Å². The van der Waals surface area contributed by atoms with Gasteiger partial charge in [0, 0.05) is 20.6 Å². The Morgan fingerprint density at radius 2 is 1.65 bits per heavy atom. The molecular weight excluding hydrogens is 352 g/mol. The van der Waals surface area contributed by atoms with Crippen molar-refractivity contribution in [1.82, 2.24) is 8.61 Å². The minimum absolute atomic E-state index is 0.405. The summed E-state index contributed by atoms with van der Waals surface area (Å²) in [7, 11) is 2.72. The summed E-state index contributed by atoms with van der Waals surface area (Å²) in [4.78, 5) is 0. The lowest BCUT2D eigenvalue weighted by Crippen LogP contribution is -2.46. The zero-order valence-electron chi connectivity index (χ0n) is 15.5. The normalized spacial score (nSPS) is 17.8. The summed E-state index contributed by atoms with van der Waals surface area (Å²) < 4.78 is 39.6. The average molecular weight is 376 g/mol. The number of fused-ring (bicyclic) bond motifs is 1. The molecule has 140 valence electrons. The molecule has 1 aliphatic heterocycles. The molecule has 3 rings (SSSR count). The van der Waals surface area contributed by atoms with Gasteiger partial charge in [-0.3, -0.25) is 0 Å². The number of rotatable bonds is 5. The molecule has 1 aliphatic rings. The average Bonchev–Trinajstić information content (AvgIpc) is 2.66. The van der Waals surface area contributed by atoms with E-state index in [0.717, 1.165) is 16.7 Å². The number of benzene rings is 2. The summed E-state index contributed by atoms with van der Waals surface area (Å²) in [6, 6.07) is 13.1. The predicted octanol–water partition coefficient (Wildman–Crippen LogP) is 2.46. The van der Waals surface area contributed by atoms with Gasteiger partial charge >= 0.3 is 0 Å². The third kappa shape index (κ3) is 3.18. The van der Waals surface area contributed by atoms with E-state index in [0.29, 0.717) is 24.5 Å². The minimum atomic E-state index is -3.58. The van der Waals surface area contributed by atoms with Crippen LogP contribution in [0.1, 0.15) is 22.7 Å². The topological polar surface area (TPSA) is 59.1 Å². The molecule has 6 nitrogen and oxygen atoms in total. The van der Waals surface area contributed by atoms with Crippen LogP contribution in [0.25, 0.3) is 0 Å². The van der Waals surface area contributed by atoms with Crippen molar-refractivity contribution >= 4 is 10.2 Å². The number of methoxy groups -OCH3 is 2. The van der Waals surface area contributed by atoms with Gasteiger partial charge in [-0.05, 0) is 35.2 Å². The Labute approximate surface area is 155 Å². The summed E-state index contributed by atoms with van der Waals surface area (Å²) in [5.74, 6) is 1.25. The maximum Gasteiger partial charge on any atom is 0.282 e. The molecule has 1 heterocycles. The molecule has 0 saturated carbocycles. The second kappa shape index (κ2) is 7.26. The molecule has 2 aromatic carbocycles. The van der Waals surface area contributed by atoms with Gasteiger partial charge in [0.1, 0.15) is 0 Å². The monoisotopic (exact) mass is 376 g/mol. The van der Waals surface area contributed by atoms with Crippen molar-refractivity contribution in [3.63, 3.8) is 0 Å². The predicted molar refractivity (Wildman–Crippen MR) is 101 cm³/mol. The summed E-state index contributed by atoms with van der Waals surface area (Å²) in [6.07, 6.45) is 0.617. The third-order valence-corrected chi connectivity index (χ3v) is 6.61. The summed E-state index contributed by atoms with van der Waals surface area (Å²) in [5.41, 5.74) is 2.92. The molecule has 0 bridgehead atoms. The highest BCUT2D eigenvalue weighted by Gasteiger charge is 2.38. The van der Waals surface area contributed by atoms with Gasteiger partial charge in [-0.25, -0.2) is 0 Å². The Morgan fingerprint density at radius 3 is 2.23 bits per heavy atom. The van der Waals surface area contributed by atoms with E-state index >= 15 is 0 Å². The van der Waals surface area contributed by atoms with Crippen LogP contribution in [0.3, 0.4) is 0 Å². The van der Waals surface area contributed by atoms with Crippen LogP contribution in [0.4, 0.5) is 0 Å². The number of nitrogens with zero attached hydrogens (tertiary/aromatic N) is 2. The van der Waals surface area contributed by atoms with Crippen LogP contribution in [-0.2, 0) is 16.6 Å². The highest BCUT2D eigenvalue weighted by Crippen LogP contribution is 2.42. The SMILES string of the molecule is COc1cc2c(cc1OC)C(c1ccccc1)N(S(=O)(=O)N(C)C)CC2. The zero-order valence-corrected chi connectivity index (χ0v) is 16.3.